The van der Waals surface area contributed by atoms with E-state index < -0.39 is 0 Å². The zero-order valence-electron chi connectivity index (χ0n) is 11.7. The van der Waals surface area contributed by atoms with Crippen LogP contribution in [-0.4, -0.2) is 46.8 Å². The van der Waals surface area contributed by atoms with Gasteiger partial charge in [0.1, 0.15) is 0 Å². The van der Waals surface area contributed by atoms with Gasteiger partial charge in [-0.2, -0.15) is 5.10 Å². The van der Waals surface area contributed by atoms with Crippen molar-refractivity contribution in [2.24, 2.45) is 0 Å². The first kappa shape index (κ1) is 15.5. The predicted octanol–water partition coefficient (Wildman–Crippen LogP) is 1.27. The molecule has 1 fully saturated rings. The summed E-state index contributed by atoms with van der Waals surface area (Å²) >= 11 is 0. The molecule has 0 aliphatic carbocycles. The minimum atomic E-state index is 0. The summed E-state index contributed by atoms with van der Waals surface area (Å²) in [7, 11) is 0. The molecule has 0 spiro atoms. The highest BCUT2D eigenvalue weighted by atomic mass is 35.5. The minimum absolute atomic E-state index is 0. The fraction of sp³-hybridized carbons (Fsp3) is 0.333. The third-order valence-corrected chi connectivity index (χ3v) is 3.48. The largest absolute Gasteiger partial charge is 0.340 e. The van der Waals surface area contributed by atoms with Gasteiger partial charge in [-0.3, -0.25) is 4.79 Å². The molecular weight excluding hydrogens is 288 g/mol. The number of nitrogens with zero attached hydrogens (tertiary/aromatic N) is 3. The van der Waals surface area contributed by atoms with Gasteiger partial charge in [0.25, 0.3) is 0 Å². The first-order valence-corrected chi connectivity index (χ1v) is 6.90. The van der Waals surface area contributed by atoms with Crippen LogP contribution in [0.25, 0.3) is 5.69 Å². The second-order valence-electron chi connectivity index (χ2n) is 4.94. The van der Waals surface area contributed by atoms with E-state index in [1.807, 2.05) is 41.4 Å². The summed E-state index contributed by atoms with van der Waals surface area (Å²) in [6, 6.07) is 9.91. The summed E-state index contributed by atoms with van der Waals surface area (Å²) < 4.78 is 1.81. The number of para-hydroxylation sites is 1. The molecule has 112 valence electrons. The fourth-order valence-electron chi connectivity index (χ4n) is 2.37. The fourth-order valence-corrected chi connectivity index (χ4v) is 2.37. The molecule has 1 aromatic heterocycles. The number of halogens is 1. The molecule has 0 radical (unpaired) electrons. The summed E-state index contributed by atoms with van der Waals surface area (Å²) in [4.78, 5) is 14.1. The average molecular weight is 307 g/mol. The van der Waals surface area contributed by atoms with Gasteiger partial charge in [-0.25, -0.2) is 4.68 Å². The van der Waals surface area contributed by atoms with Crippen molar-refractivity contribution in [3.8, 4) is 5.69 Å². The molecule has 21 heavy (non-hydrogen) atoms. The molecule has 0 bridgehead atoms. The van der Waals surface area contributed by atoms with Crippen LogP contribution in [0.5, 0.6) is 0 Å². The molecule has 2 aromatic rings. The SMILES string of the molecule is Cl.O=C(Cc1cnn(-c2ccccc2)c1)N1CCNCC1. The maximum atomic E-state index is 12.2. The molecule has 0 saturated carbocycles. The smallest absolute Gasteiger partial charge is 0.227 e. The lowest BCUT2D eigenvalue weighted by molar-refractivity contribution is -0.131. The number of aromatic nitrogens is 2. The lowest BCUT2D eigenvalue weighted by atomic mass is 10.2. The number of piperazine rings is 1. The van der Waals surface area contributed by atoms with Crippen molar-refractivity contribution in [1.82, 2.24) is 20.0 Å². The van der Waals surface area contributed by atoms with Crippen LogP contribution < -0.4 is 5.32 Å². The summed E-state index contributed by atoms with van der Waals surface area (Å²) in [6.45, 7) is 3.36. The van der Waals surface area contributed by atoms with E-state index in [2.05, 4.69) is 10.4 Å². The van der Waals surface area contributed by atoms with Crippen molar-refractivity contribution >= 4 is 18.3 Å². The van der Waals surface area contributed by atoms with Gasteiger partial charge in [0.2, 0.25) is 5.91 Å². The molecule has 1 aliphatic heterocycles. The van der Waals surface area contributed by atoms with Crippen molar-refractivity contribution in [3.05, 3.63) is 48.3 Å². The quantitative estimate of drug-likeness (QED) is 0.929. The Hall–Kier alpha value is -1.85. The van der Waals surface area contributed by atoms with E-state index in [0.29, 0.717) is 6.42 Å². The molecule has 1 saturated heterocycles. The number of benzene rings is 1. The Morgan fingerprint density at radius 2 is 1.90 bits per heavy atom. The van der Waals surface area contributed by atoms with E-state index in [1.165, 1.54) is 0 Å². The highest BCUT2D eigenvalue weighted by Crippen LogP contribution is 2.09. The summed E-state index contributed by atoms with van der Waals surface area (Å²) in [5.74, 6) is 0.180. The first-order chi connectivity index (χ1) is 9.83. The number of hydrogen-bond acceptors (Lipinski definition) is 3. The standard InChI is InChI=1S/C15H18N4O.ClH/c20-15(18-8-6-16-7-9-18)10-13-11-17-19(12-13)14-4-2-1-3-5-14;/h1-5,11-12,16H,6-10H2;1H. The molecule has 6 heteroatoms. The Balaban J connectivity index is 0.00000161. The highest BCUT2D eigenvalue weighted by molar-refractivity contribution is 5.85. The lowest BCUT2D eigenvalue weighted by Gasteiger charge is -2.27. The zero-order valence-corrected chi connectivity index (χ0v) is 12.6. The van der Waals surface area contributed by atoms with Crippen molar-refractivity contribution in [1.29, 1.82) is 0 Å². The van der Waals surface area contributed by atoms with Crippen LogP contribution in [0.2, 0.25) is 0 Å². The molecule has 0 unspecified atom stereocenters. The van der Waals surface area contributed by atoms with Gasteiger partial charge >= 0.3 is 0 Å². The zero-order chi connectivity index (χ0) is 13.8. The minimum Gasteiger partial charge on any atom is -0.340 e. The molecule has 2 heterocycles. The summed E-state index contributed by atoms with van der Waals surface area (Å²) in [5.41, 5.74) is 1.96. The number of rotatable bonds is 3. The van der Waals surface area contributed by atoms with Crippen LogP contribution in [0, 0.1) is 0 Å². The van der Waals surface area contributed by atoms with E-state index >= 15 is 0 Å². The number of carbonyl (C=O) groups excluding carboxylic acids is 1. The number of hydrogen-bond donors (Lipinski definition) is 1. The third kappa shape index (κ3) is 3.83. The van der Waals surface area contributed by atoms with Crippen molar-refractivity contribution in [3.63, 3.8) is 0 Å². The van der Waals surface area contributed by atoms with E-state index in [1.54, 1.807) is 10.9 Å². The van der Waals surface area contributed by atoms with Crippen LogP contribution in [0.3, 0.4) is 0 Å². The number of amides is 1. The molecule has 1 amide bonds. The summed E-state index contributed by atoms with van der Waals surface area (Å²) in [6.07, 6.45) is 4.12. The van der Waals surface area contributed by atoms with E-state index in [0.717, 1.165) is 37.4 Å². The monoisotopic (exact) mass is 306 g/mol. The Kier molecular flexibility index (Phi) is 5.36. The van der Waals surface area contributed by atoms with Crippen LogP contribution in [0.15, 0.2) is 42.7 Å². The lowest BCUT2D eigenvalue weighted by Crippen LogP contribution is -2.46. The topological polar surface area (TPSA) is 50.2 Å². The Morgan fingerprint density at radius 3 is 2.62 bits per heavy atom. The van der Waals surface area contributed by atoms with Crippen molar-refractivity contribution in [2.45, 2.75) is 6.42 Å². The normalized spacial score (nSPS) is 14.6. The molecule has 0 atom stereocenters. The van der Waals surface area contributed by atoms with Gasteiger partial charge in [0.15, 0.2) is 0 Å². The maximum Gasteiger partial charge on any atom is 0.227 e. The van der Waals surface area contributed by atoms with Gasteiger partial charge in [-0.15, -0.1) is 12.4 Å². The van der Waals surface area contributed by atoms with Crippen LogP contribution in [-0.2, 0) is 11.2 Å². The van der Waals surface area contributed by atoms with Crippen molar-refractivity contribution < 1.29 is 4.79 Å². The molecule has 1 N–H and O–H groups in total. The first-order valence-electron chi connectivity index (χ1n) is 6.90. The molecular formula is C15H19ClN4O. The highest BCUT2D eigenvalue weighted by Gasteiger charge is 2.17. The summed E-state index contributed by atoms with van der Waals surface area (Å²) in [5, 5.41) is 7.57. The second-order valence-corrected chi connectivity index (χ2v) is 4.94. The Labute approximate surface area is 130 Å². The van der Waals surface area contributed by atoms with E-state index in [9.17, 15) is 4.79 Å². The van der Waals surface area contributed by atoms with Crippen molar-refractivity contribution in [2.75, 3.05) is 26.2 Å². The maximum absolute atomic E-state index is 12.2. The van der Waals surface area contributed by atoms with Gasteiger partial charge in [0, 0.05) is 32.4 Å². The predicted molar refractivity (Wildman–Crippen MR) is 84.0 cm³/mol. The second kappa shape index (κ2) is 7.24. The van der Waals surface area contributed by atoms with Crippen LogP contribution >= 0.6 is 12.4 Å². The third-order valence-electron chi connectivity index (χ3n) is 3.48. The van der Waals surface area contributed by atoms with Gasteiger partial charge < -0.3 is 10.2 Å². The molecule has 3 rings (SSSR count). The number of nitrogens with one attached hydrogen (secondary N) is 1. The molecule has 1 aromatic carbocycles. The van der Waals surface area contributed by atoms with E-state index in [-0.39, 0.29) is 18.3 Å². The van der Waals surface area contributed by atoms with Crippen LogP contribution in [0.1, 0.15) is 5.56 Å². The molecule has 5 nitrogen and oxygen atoms in total. The van der Waals surface area contributed by atoms with Gasteiger partial charge in [0.05, 0.1) is 18.3 Å². The van der Waals surface area contributed by atoms with Gasteiger partial charge in [-0.05, 0) is 17.7 Å². The average Bonchev–Trinajstić information content (AvgIpc) is 2.97. The Bertz CT molecular complexity index is 578. The van der Waals surface area contributed by atoms with Gasteiger partial charge in [-0.1, -0.05) is 18.2 Å². The number of carbonyl (C=O) groups is 1. The van der Waals surface area contributed by atoms with Crippen LogP contribution in [0.4, 0.5) is 0 Å². The molecule has 1 aliphatic rings. The Morgan fingerprint density at radius 1 is 1.19 bits per heavy atom. The van der Waals surface area contributed by atoms with E-state index in [4.69, 9.17) is 0 Å².